The average molecular weight is 262 g/mol. The molecular formula is C16H26N2O. The molecule has 1 aromatic heterocycles. The van der Waals surface area contributed by atoms with Crippen molar-refractivity contribution in [3.05, 3.63) is 24.0 Å². The maximum atomic E-state index is 5.57. The second-order valence-electron chi connectivity index (χ2n) is 5.34. The molecule has 0 radical (unpaired) electrons. The van der Waals surface area contributed by atoms with E-state index in [2.05, 4.69) is 23.3 Å². The molecule has 1 N–H and O–H groups in total. The highest BCUT2D eigenvalue weighted by molar-refractivity contribution is 5.27. The number of ether oxygens (including phenoxy) is 1. The molecular weight excluding hydrogens is 236 g/mol. The largest absolute Gasteiger partial charge is 0.492 e. The Kier molecular flexibility index (Phi) is 5.64. The summed E-state index contributed by atoms with van der Waals surface area (Å²) in [6.07, 6.45) is 10.2. The summed E-state index contributed by atoms with van der Waals surface area (Å²) >= 11 is 0. The summed E-state index contributed by atoms with van der Waals surface area (Å²) in [6.45, 7) is 6.05. The van der Waals surface area contributed by atoms with Gasteiger partial charge < -0.3 is 10.1 Å². The average Bonchev–Trinajstić information content (AvgIpc) is 2.46. The van der Waals surface area contributed by atoms with E-state index in [0.29, 0.717) is 18.6 Å². The second kappa shape index (κ2) is 7.49. The lowest BCUT2D eigenvalue weighted by molar-refractivity contribution is 0.321. The number of hydrogen-bond donors (Lipinski definition) is 1. The van der Waals surface area contributed by atoms with Crippen molar-refractivity contribution < 1.29 is 4.74 Å². The van der Waals surface area contributed by atoms with Crippen LogP contribution in [0.25, 0.3) is 0 Å². The summed E-state index contributed by atoms with van der Waals surface area (Å²) < 4.78 is 5.57. The number of nitrogens with one attached hydrogen (secondary N) is 1. The van der Waals surface area contributed by atoms with Gasteiger partial charge in [0.2, 0.25) is 0 Å². The van der Waals surface area contributed by atoms with Crippen molar-refractivity contribution in [2.75, 3.05) is 13.2 Å². The van der Waals surface area contributed by atoms with Crippen LogP contribution < -0.4 is 10.1 Å². The van der Waals surface area contributed by atoms with Gasteiger partial charge in [0.05, 0.1) is 12.8 Å². The third-order valence-electron chi connectivity index (χ3n) is 3.90. The zero-order valence-corrected chi connectivity index (χ0v) is 12.2. The van der Waals surface area contributed by atoms with Gasteiger partial charge in [-0.2, -0.15) is 0 Å². The zero-order chi connectivity index (χ0) is 13.5. The van der Waals surface area contributed by atoms with Crippen molar-refractivity contribution in [2.24, 2.45) is 0 Å². The Morgan fingerprint density at radius 1 is 1.26 bits per heavy atom. The Bertz CT molecular complexity index is 381. The van der Waals surface area contributed by atoms with E-state index in [1.54, 1.807) is 0 Å². The van der Waals surface area contributed by atoms with Crippen molar-refractivity contribution in [3.8, 4) is 5.75 Å². The summed E-state index contributed by atoms with van der Waals surface area (Å²) in [4.78, 5) is 4.34. The van der Waals surface area contributed by atoms with Crippen LogP contribution in [0.1, 0.15) is 57.4 Å². The molecule has 3 nitrogen and oxygen atoms in total. The zero-order valence-electron chi connectivity index (χ0n) is 12.2. The monoisotopic (exact) mass is 262 g/mol. The number of rotatable bonds is 6. The molecule has 0 aromatic carbocycles. The fraction of sp³-hybridized carbons (Fsp3) is 0.688. The molecule has 1 aromatic rings. The van der Waals surface area contributed by atoms with E-state index in [9.17, 15) is 0 Å². The standard InChI is InChI=1S/C16H26N2O/c1-3-9-18-16-8-6-5-7-15(16)13-10-14(19-4-2)12-17-11-13/h10-12,15-16,18H,3-9H2,1-2H3. The van der Waals surface area contributed by atoms with Crippen LogP contribution >= 0.6 is 0 Å². The summed E-state index contributed by atoms with van der Waals surface area (Å²) in [5, 5.41) is 3.70. The minimum Gasteiger partial charge on any atom is -0.492 e. The van der Waals surface area contributed by atoms with E-state index in [-0.39, 0.29) is 0 Å². The molecule has 0 amide bonds. The Balaban J connectivity index is 2.09. The van der Waals surface area contributed by atoms with Crippen molar-refractivity contribution in [1.82, 2.24) is 10.3 Å². The molecule has 2 rings (SSSR count). The van der Waals surface area contributed by atoms with E-state index in [0.717, 1.165) is 12.3 Å². The predicted molar refractivity (Wildman–Crippen MR) is 78.7 cm³/mol. The van der Waals surface area contributed by atoms with E-state index >= 15 is 0 Å². The highest BCUT2D eigenvalue weighted by Crippen LogP contribution is 2.34. The maximum absolute atomic E-state index is 5.57. The third-order valence-corrected chi connectivity index (χ3v) is 3.90. The molecule has 3 heteroatoms. The molecule has 0 aliphatic heterocycles. The van der Waals surface area contributed by atoms with Gasteiger partial charge >= 0.3 is 0 Å². The fourth-order valence-corrected chi connectivity index (χ4v) is 2.99. The molecule has 19 heavy (non-hydrogen) atoms. The van der Waals surface area contributed by atoms with Crippen molar-refractivity contribution in [2.45, 2.75) is 57.9 Å². The molecule has 1 aliphatic rings. The first-order valence-electron chi connectivity index (χ1n) is 7.66. The van der Waals surface area contributed by atoms with Gasteiger partial charge in [0.25, 0.3) is 0 Å². The van der Waals surface area contributed by atoms with Crippen LogP contribution in [-0.4, -0.2) is 24.2 Å². The molecule has 1 saturated carbocycles. The topological polar surface area (TPSA) is 34.2 Å². The first-order valence-corrected chi connectivity index (χ1v) is 7.66. The number of hydrogen-bond acceptors (Lipinski definition) is 3. The fourth-order valence-electron chi connectivity index (χ4n) is 2.99. The Hall–Kier alpha value is -1.09. The quantitative estimate of drug-likeness (QED) is 0.852. The maximum Gasteiger partial charge on any atom is 0.137 e. The molecule has 2 unspecified atom stereocenters. The number of pyridine rings is 1. The van der Waals surface area contributed by atoms with E-state index in [4.69, 9.17) is 4.74 Å². The highest BCUT2D eigenvalue weighted by Gasteiger charge is 2.26. The Labute approximate surface area is 116 Å². The van der Waals surface area contributed by atoms with Gasteiger partial charge in [0.15, 0.2) is 0 Å². The molecule has 1 fully saturated rings. The molecule has 106 valence electrons. The number of nitrogens with zero attached hydrogens (tertiary/aromatic N) is 1. The first kappa shape index (κ1) is 14.3. The van der Waals surface area contributed by atoms with Crippen LogP contribution in [-0.2, 0) is 0 Å². The van der Waals surface area contributed by atoms with Crippen LogP contribution in [0.15, 0.2) is 18.5 Å². The Morgan fingerprint density at radius 2 is 2.11 bits per heavy atom. The second-order valence-corrected chi connectivity index (χ2v) is 5.34. The molecule has 0 spiro atoms. The highest BCUT2D eigenvalue weighted by atomic mass is 16.5. The lowest BCUT2D eigenvalue weighted by atomic mass is 9.80. The lowest BCUT2D eigenvalue weighted by Gasteiger charge is -2.32. The van der Waals surface area contributed by atoms with E-state index in [1.807, 2.05) is 19.3 Å². The summed E-state index contributed by atoms with van der Waals surface area (Å²) in [6, 6.07) is 2.78. The van der Waals surface area contributed by atoms with Gasteiger partial charge in [0.1, 0.15) is 5.75 Å². The van der Waals surface area contributed by atoms with Crippen LogP contribution in [0.3, 0.4) is 0 Å². The molecule has 0 bridgehead atoms. The smallest absolute Gasteiger partial charge is 0.137 e. The van der Waals surface area contributed by atoms with Crippen LogP contribution in [0.4, 0.5) is 0 Å². The SMILES string of the molecule is CCCNC1CCCCC1c1cncc(OCC)c1. The van der Waals surface area contributed by atoms with Gasteiger partial charge in [0, 0.05) is 18.2 Å². The summed E-state index contributed by atoms with van der Waals surface area (Å²) in [5.41, 5.74) is 1.33. The third kappa shape index (κ3) is 3.93. The van der Waals surface area contributed by atoms with Crippen molar-refractivity contribution in [1.29, 1.82) is 0 Å². The van der Waals surface area contributed by atoms with Crippen molar-refractivity contribution in [3.63, 3.8) is 0 Å². The van der Waals surface area contributed by atoms with Gasteiger partial charge in [-0.3, -0.25) is 4.98 Å². The van der Waals surface area contributed by atoms with Crippen LogP contribution in [0.5, 0.6) is 5.75 Å². The van der Waals surface area contributed by atoms with Crippen LogP contribution in [0.2, 0.25) is 0 Å². The van der Waals surface area contributed by atoms with Gasteiger partial charge in [-0.25, -0.2) is 0 Å². The molecule has 1 heterocycles. The summed E-state index contributed by atoms with van der Waals surface area (Å²) in [5.74, 6) is 1.49. The Morgan fingerprint density at radius 3 is 2.89 bits per heavy atom. The molecule has 0 saturated heterocycles. The molecule has 1 aliphatic carbocycles. The predicted octanol–water partition coefficient (Wildman–Crippen LogP) is 3.51. The first-order chi connectivity index (χ1) is 9.35. The summed E-state index contributed by atoms with van der Waals surface area (Å²) in [7, 11) is 0. The minimum atomic E-state index is 0.591. The van der Waals surface area contributed by atoms with E-state index < -0.39 is 0 Å². The van der Waals surface area contributed by atoms with Crippen molar-refractivity contribution >= 4 is 0 Å². The molecule has 2 atom stereocenters. The van der Waals surface area contributed by atoms with Crippen LogP contribution in [0, 0.1) is 0 Å². The normalized spacial score (nSPS) is 23.3. The van der Waals surface area contributed by atoms with E-state index in [1.165, 1.54) is 37.7 Å². The van der Waals surface area contributed by atoms with Gasteiger partial charge in [-0.1, -0.05) is 19.8 Å². The lowest BCUT2D eigenvalue weighted by Crippen LogP contribution is -2.37. The number of aromatic nitrogens is 1. The minimum absolute atomic E-state index is 0.591. The van der Waals surface area contributed by atoms with Gasteiger partial charge in [-0.05, 0) is 44.4 Å². The van der Waals surface area contributed by atoms with Gasteiger partial charge in [-0.15, -0.1) is 0 Å².